The van der Waals surface area contributed by atoms with Gasteiger partial charge in [0.1, 0.15) is 0 Å². The number of hydrogen-bond donors (Lipinski definition) is 1. The Bertz CT molecular complexity index is 561. The van der Waals surface area contributed by atoms with E-state index in [1.807, 2.05) is 0 Å². The number of benzene rings is 1. The molecule has 2 rings (SSSR count). The minimum atomic E-state index is -4.26. The normalized spacial score (nSPS) is 22.0. The second kappa shape index (κ2) is 6.60. The predicted octanol–water partition coefficient (Wildman–Crippen LogP) is 2.83. The smallest absolute Gasteiger partial charge is 0.393 e. The van der Waals surface area contributed by atoms with Crippen LogP contribution in [0, 0.1) is 5.92 Å². The third-order valence-electron chi connectivity index (χ3n) is 4.10. The summed E-state index contributed by atoms with van der Waals surface area (Å²) in [6.07, 6.45) is -4.88. The van der Waals surface area contributed by atoms with E-state index in [1.165, 1.54) is 24.0 Å². The van der Waals surface area contributed by atoms with E-state index < -0.39 is 24.5 Å². The summed E-state index contributed by atoms with van der Waals surface area (Å²) in [5, 5.41) is 9.21. The van der Waals surface area contributed by atoms with Gasteiger partial charge in [-0.3, -0.25) is 9.59 Å². The molecule has 0 radical (unpaired) electrons. The number of carbonyl (C=O) groups excluding carboxylic acids is 1. The Balaban J connectivity index is 2.15. The largest absolute Gasteiger partial charge is 0.481 e. The van der Waals surface area contributed by atoms with Crippen molar-refractivity contribution in [3.8, 4) is 0 Å². The molecule has 4 nitrogen and oxygen atoms in total. The maximum Gasteiger partial charge on any atom is 0.393 e. The molecule has 23 heavy (non-hydrogen) atoms. The topological polar surface area (TPSA) is 57.6 Å². The van der Waals surface area contributed by atoms with Gasteiger partial charge in [0.2, 0.25) is 5.91 Å². The van der Waals surface area contributed by atoms with Crippen LogP contribution in [0.25, 0.3) is 0 Å². The molecule has 0 bridgehead atoms. The fourth-order valence-electron chi connectivity index (χ4n) is 2.92. The lowest BCUT2D eigenvalue weighted by Crippen LogP contribution is -2.44. The van der Waals surface area contributed by atoms with Gasteiger partial charge in [-0.05, 0) is 17.5 Å². The number of aliphatic carboxylic acids is 1. The van der Waals surface area contributed by atoms with Crippen LogP contribution in [0.3, 0.4) is 0 Å². The summed E-state index contributed by atoms with van der Waals surface area (Å²) in [5.41, 5.74) is 0.920. The predicted molar refractivity (Wildman–Crippen MR) is 76.9 cm³/mol. The highest BCUT2D eigenvalue weighted by Gasteiger charge is 2.33. The highest BCUT2D eigenvalue weighted by Crippen LogP contribution is 2.31. The maximum atomic E-state index is 12.4. The summed E-state index contributed by atoms with van der Waals surface area (Å²) < 4.78 is 37.1. The van der Waals surface area contributed by atoms with Crippen LogP contribution in [-0.2, 0) is 16.0 Å². The molecular formula is C16H18F3NO3. The summed E-state index contributed by atoms with van der Waals surface area (Å²) in [4.78, 5) is 24.3. The standard InChI is InChI=1S/C16H18F3NO3/c1-10(21)20-8-13(6-14(9-20)15(22)23)12-4-2-11(3-5-12)7-16(17,18)19/h2-5,13-14H,6-9H2,1H3,(H,22,23). The van der Waals surface area contributed by atoms with E-state index in [4.69, 9.17) is 0 Å². The van der Waals surface area contributed by atoms with E-state index in [9.17, 15) is 27.9 Å². The molecule has 2 unspecified atom stereocenters. The molecule has 0 aromatic heterocycles. The van der Waals surface area contributed by atoms with Crippen LogP contribution in [0.4, 0.5) is 13.2 Å². The molecule has 126 valence electrons. The first-order valence-electron chi connectivity index (χ1n) is 7.29. The van der Waals surface area contributed by atoms with Crippen molar-refractivity contribution >= 4 is 11.9 Å². The maximum absolute atomic E-state index is 12.4. The Kier molecular flexibility index (Phi) is 4.97. The fraction of sp³-hybridized carbons (Fsp3) is 0.500. The zero-order valence-electron chi connectivity index (χ0n) is 12.6. The van der Waals surface area contributed by atoms with Crippen molar-refractivity contribution in [3.05, 3.63) is 35.4 Å². The monoisotopic (exact) mass is 329 g/mol. The number of hydrogen-bond acceptors (Lipinski definition) is 2. The summed E-state index contributed by atoms with van der Waals surface area (Å²) >= 11 is 0. The summed E-state index contributed by atoms with van der Waals surface area (Å²) in [7, 11) is 0. The number of halogens is 3. The molecule has 1 aromatic carbocycles. The SMILES string of the molecule is CC(=O)N1CC(C(=O)O)CC(c2ccc(CC(F)(F)F)cc2)C1. The lowest BCUT2D eigenvalue weighted by molar-refractivity contribution is -0.145. The average molecular weight is 329 g/mol. The van der Waals surface area contributed by atoms with Gasteiger partial charge >= 0.3 is 12.1 Å². The number of carboxylic acid groups (broad SMARTS) is 1. The first-order valence-corrected chi connectivity index (χ1v) is 7.29. The molecule has 7 heteroatoms. The number of alkyl halides is 3. The van der Waals surface area contributed by atoms with E-state index in [0.717, 1.165) is 5.56 Å². The van der Waals surface area contributed by atoms with Gasteiger partial charge in [0.25, 0.3) is 0 Å². The highest BCUT2D eigenvalue weighted by molar-refractivity contribution is 5.76. The molecule has 1 aromatic rings. The fourth-order valence-corrected chi connectivity index (χ4v) is 2.92. The summed E-state index contributed by atoms with van der Waals surface area (Å²) in [5.74, 6) is -2.01. The van der Waals surface area contributed by atoms with Crippen LogP contribution in [0.15, 0.2) is 24.3 Å². The van der Waals surface area contributed by atoms with Crippen molar-refractivity contribution in [2.24, 2.45) is 5.92 Å². The van der Waals surface area contributed by atoms with E-state index in [0.29, 0.717) is 13.0 Å². The minimum absolute atomic E-state index is 0.162. The molecule has 1 aliphatic heterocycles. The second-order valence-electron chi connectivity index (χ2n) is 5.93. The third-order valence-corrected chi connectivity index (χ3v) is 4.10. The number of amides is 1. The number of carbonyl (C=O) groups is 2. The van der Waals surface area contributed by atoms with E-state index >= 15 is 0 Å². The number of piperidine rings is 1. The molecule has 2 atom stereocenters. The van der Waals surface area contributed by atoms with Gasteiger partial charge in [0, 0.05) is 25.9 Å². The number of likely N-dealkylation sites (tertiary alicyclic amines) is 1. The Hall–Kier alpha value is -2.05. The number of rotatable bonds is 3. The van der Waals surface area contributed by atoms with Gasteiger partial charge in [-0.25, -0.2) is 0 Å². The van der Waals surface area contributed by atoms with Gasteiger partial charge in [-0.15, -0.1) is 0 Å². The first-order chi connectivity index (χ1) is 10.7. The van der Waals surface area contributed by atoms with Gasteiger partial charge in [0.05, 0.1) is 12.3 Å². The van der Waals surface area contributed by atoms with E-state index in [2.05, 4.69) is 0 Å². The van der Waals surface area contributed by atoms with Gasteiger partial charge in [-0.1, -0.05) is 24.3 Å². The number of carboxylic acids is 1. The molecule has 0 spiro atoms. The van der Waals surface area contributed by atoms with Crippen LogP contribution in [0.1, 0.15) is 30.4 Å². The third kappa shape index (κ3) is 4.71. The molecule has 1 fully saturated rings. The van der Waals surface area contributed by atoms with Crippen LogP contribution in [-0.4, -0.2) is 41.1 Å². The molecule has 1 amide bonds. The van der Waals surface area contributed by atoms with Crippen molar-refractivity contribution < 1.29 is 27.9 Å². The summed E-state index contributed by atoms with van der Waals surface area (Å²) in [6.45, 7) is 1.94. The van der Waals surface area contributed by atoms with Crippen LogP contribution < -0.4 is 0 Å². The summed E-state index contributed by atoms with van der Waals surface area (Å²) in [6, 6.07) is 6.00. The second-order valence-corrected chi connectivity index (χ2v) is 5.93. The van der Waals surface area contributed by atoms with Crippen LogP contribution in [0.2, 0.25) is 0 Å². The average Bonchev–Trinajstić information content (AvgIpc) is 2.45. The Morgan fingerprint density at radius 2 is 1.83 bits per heavy atom. The molecule has 1 saturated heterocycles. The molecule has 1 N–H and O–H groups in total. The Labute approximate surface area is 131 Å². The van der Waals surface area contributed by atoms with E-state index in [-0.39, 0.29) is 23.9 Å². The lowest BCUT2D eigenvalue weighted by Gasteiger charge is -2.36. The van der Waals surface area contributed by atoms with Crippen molar-refractivity contribution in [2.75, 3.05) is 13.1 Å². The van der Waals surface area contributed by atoms with Crippen molar-refractivity contribution in [1.29, 1.82) is 0 Å². The van der Waals surface area contributed by atoms with Crippen molar-refractivity contribution in [3.63, 3.8) is 0 Å². The zero-order chi connectivity index (χ0) is 17.2. The minimum Gasteiger partial charge on any atom is -0.481 e. The quantitative estimate of drug-likeness (QED) is 0.928. The molecule has 1 heterocycles. The first kappa shape index (κ1) is 17.3. The number of nitrogens with zero attached hydrogens (tertiary/aromatic N) is 1. The molecule has 1 aliphatic rings. The van der Waals surface area contributed by atoms with Crippen molar-refractivity contribution in [1.82, 2.24) is 4.90 Å². The van der Waals surface area contributed by atoms with Gasteiger partial charge in [0.15, 0.2) is 0 Å². The molecule has 0 saturated carbocycles. The Morgan fingerprint density at radius 3 is 2.30 bits per heavy atom. The highest BCUT2D eigenvalue weighted by atomic mass is 19.4. The Morgan fingerprint density at radius 1 is 1.22 bits per heavy atom. The lowest BCUT2D eigenvalue weighted by atomic mass is 9.84. The van der Waals surface area contributed by atoms with Crippen LogP contribution >= 0.6 is 0 Å². The van der Waals surface area contributed by atoms with E-state index in [1.54, 1.807) is 12.1 Å². The van der Waals surface area contributed by atoms with Crippen molar-refractivity contribution in [2.45, 2.75) is 31.9 Å². The van der Waals surface area contributed by atoms with Crippen LogP contribution in [0.5, 0.6) is 0 Å². The molecule has 0 aliphatic carbocycles. The molecular weight excluding hydrogens is 311 g/mol. The van der Waals surface area contributed by atoms with Gasteiger partial charge < -0.3 is 10.0 Å². The van der Waals surface area contributed by atoms with Gasteiger partial charge in [-0.2, -0.15) is 13.2 Å². The zero-order valence-corrected chi connectivity index (χ0v) is 12.6.